The fourth-order valence-electron chi connectivity index (χ4n) is 1.42. The minimum Gasteiger partial charge on any atom is -0.328 e. The molecule has 16 heavy (non-hydrogen) atoms. The van der Waals surface area contributed by atoms with Crippen LogP contribution in [0.25, 0.3) is 0 Å². The summed E-state index contributed by atoms with van der Waals surface area (Å²) in [6.07, 6.45) is 2.81. The molecule has 0 fully saturated rings. The molecular weight excluding hydrogens is 218 g/mol. The van der Waals surface area contributed by atoms with Gasteiger partial charge in [-0.1, -0.05) is 30.3 Å². The molecule has 0 atom stereocenters. The zero-order chi connectivity index (χ0) is 11.2. The minimum absolute atomic E-state index is 0.0487. The Balaban J connectivity index is 1.84. The number of hydrogen-bond acceptors (Lipinski definition) is 2. The van der Waals surface area contributed by atoms with Crippen LogP contribution >= 0.6 is 11.8 Å². The number of hydrogen-bond donors (Lipinski definition) is 1. The van der Waals surface area contributed by atoms with Gasteiger partial charge >= 0.3 is 0 Å². The van der Waals surface area contributed by atoms with Crippen LogP contribution in [0.5, 0.6) is 0 Å². The van der Waals surface area contributed by atoms with E-state index in [1.807, 2.05) is 12.1 Å². The van der Waals surface area contributed by atoms with Gasteiger partial charge in [0, 0.05) is 22.9 Å². The molecule has 1 N–H and O–H groups in total. The van der Waals surface area contributed by atoms with Gasteiger partial charge in [0.2, 0.25) is 5.56 Å². The molecule has 2 aromatic rings. The van der Waals surface area contributed by atoms with E-state index < -0.39 is 0 Å². The molecule has 0 aliphatic rings. The van der Waals surface area contributed by atoms with Crippen LogP contribution < -0.4 is 5.56 Å². The van der Waals surface area contributed by atoms with Gasteiger partial charge in [-0.2, -0.15) is 0 Å². The van der Waals surface area contributed by atoms with Crippen LogP contribution in [-0.2, 0) is 6.42 Å². The lowest BCUT2D eigenvalue weighted by molar-refractivity contribution is 1.14. The average molecular weight is 231 g/mol. The van der Waals surface area contributed by atoms with E-state index in [-0.39, 0.29) is 5.56 Å². The predicted octanol–water partition coefficient (Wildman–Crippen LogP) is 2.71. The lowest BCUT2D eigenvalue weighted by atomic mass is 10.2. The fraction of sp³-hybridized carbons (Fsp3) is 0.154. The van der Waals surface area contributed by atoms with Crippen molar-refractivity contribution < 1.29 is 0 Å². The summed E-state index contributed by atoms with van der Waals surface area (Å²) >= 11 is 1.75. The van der Waals surface area contributed by atoms with Crippen LogP contribution in [0.3, 0.4) is 0 Å². The summed E-state index contributed by atoms with van der Waals surface area (Å²) in [5.74, 6) is 1.02. The van der Waals surface area contributed by atoms with E-state index in [2.05, 4.69) is 29.2 Å². The third kappa shape index (κ3) is 3.28. The maximum Gasteiger partial charge on any atom is 0.247 e. The minimum atomic E-state index is -0.0487. The first-order valence-corrected chi connectivity index (χ1v) is 6.18. The Morgan fingerprint density at radius 1 is 1.06 bits per heavy atom. The molecule has 0 aliphatic heterocycles. The molecule has 0 saturated heterocycles. The second-order valence-corrected chi connectivity index (χ2v) is 4.64. The van der Waals surface area contributed by atoms with Gasteiger partial charge in [-0.25, -0.2) is 0 Å². The molecule has 0 amide bonds. The smallest absolute Gasteiger partial charge is 0.247 e. The number of aromatic amines is 1. The van der Waals surface area contributed by atoms with E-state index in [4.69, 9.17) is 0 Å². The van der Waals surface area contributed by atoms with Gasteiger partial charge in [0.05, 0.1) is 0 Å². The maximum atomic E-state index is 10.9. The molecule has 0 bridgehead atoms. The van der Waals surface area contributed by atoms with E-state index in [0.29, 0.717) is 0 Å². The number of pyridine rings is 1. The van der Waals surface area contributed by atoms with Crippen molar-refractivity contribution in [3.8, 4) is 0 Å². The van der Waals surface area contributed by atoms with Crippen molar-refractivity contribution in [1.29, 1.82) is 0 Å². The fourth-order valence-corrected chi connectivity index (χ4v) is 2.30. The standard InChI is InChI=1S/C13H13NOS/c15-13-7-6-12(10-14-13)16-9-8-11-4-2-1-3-5-11/h1-7,10H,8-9H2,(H,14,15). The highest BCUT2D eigenvalue weighted by molar-refractivity contribution is 7.99. The summed E-state index contributed by atoms with van der Waals surface area (Å²) in [4.78, 5) is 14.6. The van der Waals surface area contributed by atoms with Gasteiger partial charge in [-0.3, -0.25) is 4.79 Å². The normalized spacial score (nSPS) is 10.2. The molecule has 0 radical (unpaired) electrons. The third-order valence-corrected chi connectivity index (χ3v) is 3.25. The van der Waals surface area contributed by atoms with Crippen LogP contribution in [0.4, 0.5) is 0 Å². The van der Waals surface area contributed by atoms with Crippen LogP contribution in [0.15, 0.2) is 58.4 Å². The molecule has 1 aromatic heterocycles. The first-order chi connectivity index (χ1) is 7.84. The Hall–Kier alpha value is -1.48. The Labute approximate surface area is 98.7 Å². The lowest BCUT2D eigenvalue weighted by Gasteiger charge is -2.01. The van der Waals surface area contributed by atoms with Crippen LogP contribution in [0.2, 0.25) is 0 Å². The second kappa shape index (κ2) is 5.56. The molecule has 0 unspecified atom stereocenters. The van der Waals surface area contributed by atoms with Crippen molar-refractivity contribution in [2.75, 3.05) is 5.75 Å². The highest BCUT2D eigenvalue weighted by Crippen LogP contribution is 2.16. The molecule has 1 aromatic carbocycles. The van der Waals surface area contributed by atoms with E-state index in [0.717, 1.165) is 17.1 Å². The average Bonchev–Trinajstić information content (AvgIpc) is 2.33. The van der Waals surface area contributed by atoms with Crippen LogP contribution in [0, 0.1) is 0 Å². The summed E-state index contributed by atoms with van der Waals surface area (Å²) in [5, 5.41) is 0. The molecule has 2 nitrogen and oxygen atoms in total. The van der Waals surface area contributed by atoms with Gasteiger partial charge in [0.25, 0.3) is 0 Å². The third-order valence-electron chi connectivity index (χ3n) is 2.26. The number of nitrogens with one attached hydrogen (secondary N) is 1. The topological polar surface area (TPSA) is 32.9 Å². The van der Waals surface area contributed by atoms with Gasteiger partial charge in [0.15, 0.2) is 0 Å². The number of H-pyrrole nitrogens is 1. The van der Waals surface area contributed by atoms with Gasteiger partial charge in [0.1, 0.15) is 0 Å². The molecule has 0 aliphatic carbocycles. The van der Waals surface area contributed by atoms with Gasteiger partial charge in [-0.15, -0.1) is 11.8 Å². The van der Waals surface area contributed by atoms with Crippen molar-refractivity contribution in [1.82, 2.24) is 4.98 Å². The SMILES string of the molecule is O=c1ccc(SCCc2ccccc2)c[nH]1. The summed E-state index contributed by atoms with van der Waals surface area (Å²) in [5.41, 5.74) is 1.30. The van der Waals surface area contributed by atoms with Crippen molar-refractivity contribution in [3.05, 3.63) is 64.6 Å². The predicted molar refractivity (Wildman–Crippen MR) is 67.9 cm³/mol. The Kier molecular flexibility index (Phi) is 3.83. The number of thioether (sulfide) groups is 1. The first-order valence-electron chi connectivity index (χ1n) is 5.20. The summed E-state index contributed by atoms with van der Waals surface area (Å²) < 4.78 is 0. The zero-order valence-corrected chi connectivity index (χ0v) is 9.67. The van der Waals surface area contributed by atoms with Crippen molar-refractivity contribution in [3.63, 3.8) is 0 Å². The molecular formula is C13H13NOS. The molecule has 2 rings (SSSR count). The summed E-state index contributed by atoms with van der Waals surface area (Å²) in [6, 6.07) is 13.8. The largest absolute Gasteiger partial charge is 0.328 e. The van der Waals surface area contributed by atoms with E-state index in [1.165, 1.54) is 5.56 Å². The zero-order valence-electron chi connectivity index (χ0n) is 8.85. The van der Waals surface area contributed by atoms with Gasteiger partial charge < -0.3 is 4.98 Å². The Morgan fingerprint density at radius 3 is 2.56 bits per heavy atom. The number of aryl methyl sites for hydroxylation is 1. The van der Waals surface area contributed by atoms with Crippen molar-refractivity contribution >= 4 is 11.8 Å². The molecule has 0 saturated carbocycles. The van der Waals surface area contributed by atoms with Crippen LogP contribution in [-0.4, -0.2) is 10.7 Å². The first kappa shape index (κ1) is 11.0. The van der Waals surface area contributed by atoms with E-state index >= 15 is 0 Å². The quantitative estimate of drug-likeness (QED) is 0.821. The second-order valence-electron chi connectivity index (χ2n) is 3.47. The molecule has 3 heteroatoms. The molecule has 0 spiro atoms. The summed E-state index contributed by atoms with van der Waals surface area (Å²) in [6.45, 7) is 0. The number of rotatable bonds is 4. The highest BCUT2D eigenvalue weighted by atomic mass is 32.2. The molecule has 82 valence electrons. The summed E-state index contributed by atoms with van der Waals surface area (Å²) in [7, 11) is 0. The van der Waals surface area contributed by atoms with Gasteiger partial charge in [-0.05, 0) is 18.1 Å². The maximum absolute atomic E-state index is 10.9. The number of aromatic nitrogens is 1. The number of benzene rings is 1. The Bertz CT molecular complexity index is 472. The Morgan fingerprint density at radius 2 is 1.88 bits per heavy atom. The lowest BCUT2D eigenvalue weighted by Crippen LogP contribution is -2.01. The highest BCUT2D eigenvalue weighted by Gasteiger charge is 1.95. The van der Waals surface area contributed by atoms with Crippen LogP contribution in [0.1, 0.15) is 5.56 Å². The van der Waals surface area contributed by atoms with E-state index in [1.54, 1.807) is 24.0 Å². The van der Waals surface area contributed by atoms with Crippen molar-refractivity contribution in [2.24, 2.45) is 0 Å². The monoisotopic (exact) mass is 231 g/mol. The van der Waals surface area contributed by atoms with E-state index in [9.17, 15) is 4.79 Å². The molecule has 1 heterocycles. The van der Waals surface area contributed by atoms with Crippen molar-refractivity contribution in [2.45, 2.75) is 11.3 Å².